The Morgan fingerprint density at radius 2 is 1.58 bits per heavy atom. The highest BCUT2D eigenvalue weighted by molar-refractivity contribution is 5.43. The normalized spacial score (nSPS) is 21.3. The highest BCUT2D eigenvalue weighted by Crippen LogP contribution is 2.35. The molecule has 1 heterocycles. The lowest BCUT2D eigenvalue weighted by molar-refractivity contribution is 0.0657. The first-order chi connectivity index (χ1) is 11.8. The van der Waals surface area contributed by atoms with E-state index >= 15 is 0 Å². The number of benzene rings is 2. The first kappa shape index (κ1) is 15.9. The fourth-order valence-electron chi connectivity index (χ4n) is 4.32. The van der Waals surface area contributed by atoms with Gasteiger partial charge in [0.2, 0.25) is 0 Å². The quantitative estimate of drug-likeness (QED) is 0.829. The smallest absolute Gasteiger partial charge is 0.108 e. The van der Waals surface area contributed by atoms with Gasteiger partial charge in [0.25, 0.3) is 0 Å². The van der Waals surface area contributed by atoms with Crippen LogP contribution in [-0.2, 0) is 17.6 Å². The second-order valence-corrected chi connectivity index (χ2v) is 7.21. The van der Waals surface area contributed by atoms with Gasteiger partial charge in [0.1, 0.15) is 6.10 Å². The van der Waals surface area contributed by atoms with E-state index in [4.69, 9.17) is 4.74 Å². The summed E-state index contributed by atoms with van der Waals surface area (Å²) in [7, 11) is 2.24. The largest absolute Gasteiger partial charge is 0.369 e. The van der Waals surface area contributed by atoms with Crippen LogP contribution in [0.3, 0.4) is 0 Å². The molecule has 0 amide bonds. The summed E-state index contributed by atoms with van der Waals surface area (Å²) < 4.78 is 6.50. The van der Waals surface area contributed by atoms with Crippen molar-refractivity contribution in [3.8, 4) is 0 Å². The summed E-state index contributed by atoms with van der Waals surface area (Å²) in [4.78, 5) is 2.48. The topological polar surface area (TPSA) is 12.5 Å². The molecular weight excluding hydrogens is 294 g/mol. The Hall–Kier alpha value is -1.64. The van der Waals surface area contributed by atoms with E-state index in [1.54, 1.807) is 0 Å². The predicted octanol–water partition coefficient (Wildman–Crippen LogP) is 4.38. The van der Waals surface area contributed by atoms with Crippen molar-refractivity contribution < 1.29 is 4.74 Å². The Bertz CT molecular complexity index is 648. The van der Waals surface area contributed by atoms with Gasteiger partial charge in [-0.2, -0.15) is 0 Å². The molecule has 126 valence electrons. The standard InChI is InChI=1S/C22H27NO/c1-23-15-6-9-19(23)14-16-24-22-20-10-4-2-7-17(20)12-13-18-8-3-5-11-21(18)22/h2-5,7-8,10-11,19,22H,6,9,12-16H2,1H3/t19-/m0/s1. The molecule has 0 aromatic heterocycles. The third-order valence-electron chi connectivity index (χ3n) is 5.75. The number of hydrogen-bond acceptors (Lipinski definition) is 2. The van der Waals surface area contributed by atoms with Crippen molar-refractivity contribution in [2.45, 2.75) is 44.2 Å². The summed E-state index contributed by atoms with van der Waals surface area (Å²) in [5.74, 6) is 0. The van der Waals surface area contributed by atoms with Crippen LogP contribution in [0.5, 0.6) is 0 Å². The maximum atomic E-state index is 6.50. The minimum atomic E-state index is 0.0895. The molecule has 0 spiro atoms. The molecule has 24 heavy (non-hydrogen) atoms. The fraction of sp³-hybridized carbons (Fsp3) is 0.455. The van der Waals surface area contributed by atoms with Gasteiger partial charge in [0.05, 0.1) is 0 Å². The molecule has 0 bridgehead atoms. The predicted molar refractivity (Wildman–Crippen MR) is 98.4 cm³/mol. The average Bonchev–Trinajstić information content (AvgIpc) is 2.95. The molecule has 2 aliphatic rings. The third-order valence-corrected chi connectivity index (χ3v) is 5.75. The van der Waals surface area contributed by atoms with Crippen molar-refractivity contribution in [1.29, 1.82) is 0 Å². The second-order valence-electron chi connectivity index (χ2n) is 7.21. The lowest BCUT2D eigenvalue weighted by Crippen LogP contribution is -2.26. The van der Waals surface area contributed by atoms with E-state index in [0.717, 1.165) is 25.9 Å². The van der Waals surface area contributed by atoms with E-state index in [9.17, 15) is 0 Å². The molecule has 4 rings (SSSR count). The van der Waals surface area contributed by atoms with Gasteiger partial charge in [0, 0.05) is 12.6 Å². The number of nitrogens with zero attached hydrogens (tertiary/aromatic N) is 1. The molecule has 1 atom stereocenters. The molecule has 1 aliphatic carbocycles. The maximum absolute atomic E-state index is 6.50. The van der Waals surface area contributed by atoms with E-state index in [2.05, 4.69) is 60.5 Å². The van der Waals surface area contributed by atoms with Crippen molar-refractivity contribution in [2.24, 2.45) is 0 Å². The van der Waals surface area contributed by atoms with E-state index in [0.29, 0.717) is 6.04 Å². The number of hydrogen-bond donors (Lipinski definition) is 0. The molecule has 0 unspecified atom stereocenters. The molecule has 2 aromatic rings. The molecule has 1 fully saturated rings. The molecule has 2 nitrogen and oxygen atoms in total. The number of fused-ring (bicyclic) bond motifs is 2. The summed E-state index contributed by atoms with van der Waals surface area (Å²) in [5, 5.41) is 0. The van der Waals surface area contributed by atoms with Gasteiger partial charge in [-0.3, -0.25) is 0 Å². The molecule has 2 aromatic carbocycles. The molecule has 0 saturated carbocycles. The first-order valence-corrected chi connectivity index (χ1v) is 9.30. The van der Waals surface area contributed by atoms with Crippen molar-refractivity contribution in [1.82, 2.24) is 4.90 Å². The molecule has 1 saturated heterocycles. The van der Waals surface area contributed by atoms with Gasteiger partial charge in [-0.1, -0.05) is 48.5 Å². The number of rotatable bonds is 4. The van der Waals surface area contributed by atoms with Gasteiger partial charge in [-0.05, 0) is 68.0 Å². The van der Waals surface area contributed by atoms with Crippen LogP contribution >= 0.6 is 0 Å². The highest BCUT2D eigenvalue weighted by Gasteiger charge is 2.25. The van der Waals surface area contributed by atoms with Crippen molar-refractivity contribution in [2.75, 3.05) is 20.2 Å². The molecular formula is C22H27NO. The van der Waals surface area contributed by atoms with Crippen LogP contribution < -0.4 is 0 Å². The molecule has 0 N–H and O–H groups in total. The third kappa shape index (κ3) is 3.13. The average molecular weight is 321 g/mol. The molecule has 0 radical (unpaired) electrons. The van der Waals surface area contributed by atoms with Crippen LogP contribution in [0.1, 0.15) is 47.6 Å². The minimum Gasteiger partial charge on any atom is -0.369 e. The SMILES string of the molecule is CN1CCC[C@H]1CCOC1c2ccccc2CCc2ccccc21. The van der Waals surface area contributed by atoms with E-state index in [1.807, 2.05) is 0 Å². The number of likely N-dealkylation sites (tertiary alicyclic amines) is 1. The lowest BCUT2D eigenvalue weighted by atomic mass is 9.97. The monoisotopic (exact) mass is 321 g/mol. The van der Waals surface area contributed by atoms with Crippen LogP contribution in [0.25, 0.3) is 0 Å². The van der Waals surface area contributed by atoms with Crippen molar-refractivity contribution >= 4 is 0 Å². The summed E-state index contributed by atoms with van der Waals surface area (Å²) >= 11 is 0. The zero-order chi connectivity index (χ0) is 16.4. The zero-order valence-electron chi connectivity index (χ0n) is 14.6. The highest BCUT2D eigenvalue weighted by atomic mass is 16.5. The van der Waals surface area contributed by atoms with Gasteiger partial charge in [-0.25, -0.2) is 0 Å². The minimum absolute atomic E-state index is 0.0895. The Balaban J connectivity index is 1.56. The van der Waals surface area contributed by atoms with E-state index in [1.165, 1.54) is 41.6 Å². The first-order valence-electron chi connectivity index (χ1n) is 9.30. The van der Waals surface area contributed by atoms with Crippen molar-refractivity contribution in [3.63, 3.8) is 0 Å². The summed E-state index contributed by atoms with van der Waals surface area (Å²) in [6.07, 6.45) is 6.09. The zero-order valence-corrected chi connectivity index (χ0v) is 14.6. The van der Waals surface area contributed by atoms with Gasteiger partial charge < -0.3 is 9.64 Å². The fourth-order valence-corrected chi connectivity index (χ4v) is 4.32. The Labute approximate surface area is 145 Å². The number of ether oxygens (including phenoxy) is 1. The Morgan fingerprint density at radius 3 is 2.17 bits per heavy atom. The summed E-state index contributed by atoms with van der Waals surface area (Å²) in [6, 6.07) is 18.3. The summed E-state index contributed by atoms with van der Waals surface area (Å²) in [6.45, 7) is 2.07. The van der Waals surface area contributed by atoms with Crippen LogP contribution in [0.2, 0.25) is 0 Å². The van der Waals surface area contributed by atoms with Crippen LogP contribution in [-0.4, -0.2) is 31.1 Å². The summed E-state index contributed by atoms with van der Waals surface area (Å²) in [5.41, 5.74) is 5.61. The molecule has 2 heteroatoms. The van der Waals surface area contributed by atoms with Gasteiger partial charge in [-0.15, -0.1) is 0 Å². The number of aryl methyl sites for hydroxylation is 2. The maximum Gasteiger partial charge on any atom is 0.108 e. The Kier molecular flexibility index (Phi) is 4.68. The van der Waals surface area contributed by atoms with Crippen molar-refractivity contribution in [3.05, 3.63) is 70.8 Å². The van der Waals surface area contributed by atoms with E-state index < -0.39 is 0 Å². The molecule has 1 aliphatic heterocycles. The Morgan fingerprint density at radius 1 is 0.958 bits per heavy atom. The van der Waals surface area contributed by atoms with Crippen LogP contribution in [0.4, 0.5) is 0 Å². The van der Waals surface area contributed by atoms with Gasteiger partial charge in [0.15, 0.2) is 0 Å². The van der Waals surface area contributed by atoms with Crippen LogP contribution in [0, 0.1) is 0 Å². The van der Waals surface area contributed by atoms with Gasteiger partial charge >= 0.3 is 0 Å². The van der Waals surface area contributed by atoms with E-state index in [-0.39, 0.29) is 6.10 Å². The van der Waals surface area contributed by atoms with Crippen LogP contribution in [0.15, 0.2) is 48.5 Å². The lowest BCUT2D eigenvalue weighted by Gasteiger charge is -2.24. The second kappa shape index (κ2) is 7.08.